The van der Waals surface area contributed by atoms with Crippen LogP contribution in [0.2, 0.25) is 0 Å². The molecular formula is C20H19N5O4S. The van der Waals surface area contributed by atoms with E-state index in [-0.39, 0.29) is 15.8 Å². The molecule has 0 aliphatic heterocycles. The zero-order valence-electron chi connectivity index (χ0n) is 16.0. The van der Waals surface area contributed by atoms with Crippen LogP contribution in [0.1, 0.15) is 25.2 Å². The SMILES string of the molecule is CCC(NS(=O)(=O)c1ccc2[nH]c(=O)[nH]c(=O)c2c1)c1ncc(-c2ccccc2)[nH]1. The number of hydrogen-bond donors (Lipinski definition) is 4. The zero-order chi connectivity index (χ0) is 21.3. The van der Waals surface area contributed by atoms with Crippen molar-refractivity contribution in [3.05, 3.63) is 81.4 Å². The Balaban J connectivity index is 1.65. The number of aromatic nitrogens is 4. The van der Waals surface area contributed by atoms with Gasteiger partial charge in [0.25, 0.3) is 5.56 Å². The standard InChI is InChI=1S/C20H19N5O4S/c1-2-15(18-21-11-17(22-18)12-6-4-3-5-7-12)25-30(28,29)13-8-9-16-14(10-13)19(26)24-20(27)23-16/h3-11,15,25H,2H2,1H3,(H,21,22)(H2,23,24,26,27). The molecule has 0 aliphatic rings. The second kappa shape index (κ2) is 7.73. The maximum atomic E-state index is 12.9. The van der Waals surface area contributed by atoms with E-state index in [9.17, 15) is 18.0 Å². The quantitative estimate of drug-likeness (QED) is 0.374. The van der Waals surface area contributed by atoms with Gasteiger partial charge in [0.05, 0.1) is 33.7 Å². The number of aromatic amines is 3. The summed E-state index contributed by atoms with van der Waals surface area (Å²) >= 11 is 0. The van der Waals surface area contributed by atoms with Crippen molar-refractivity contribution < 1.29 is 8.42 Å². The van der Waals surface area contributed by atoms with Gasteiger partial charge in [0.1, 0.15) is 5.82 Å². The third-order valence-electron chi connectivity index (χ3n) is 4.74. The normalized spacial score (nSPS) is 12.8. The van der Waals surface area contributed by atoms with E-state index in [0.717, 1.165) is 11.3 Å². The highest BCUT2D eigenvalue weighted by Gasteiger charge is 2.23. The van der Waals surface area contributed by atoms with Gasteiger partial charge in [-0.05, 0) is 30.2 Å². The van der Waals surface area contributed by atoms with Gasteiger partial charge in [-0.3, -0.25) is 9.78 Å². The number of nitrogens with one attached hydrogen (secondary N) is 4. The molecule has 4 N–H and O–H groups in total. The highest BCUT2D eigenvalue weighted by Crippen LogP contribution is 2.23. The predicted molar refractivity (Wildman–Crippen MR) is 113 cm³/mol. The molecule has 0 fully saturated rings. The third-order valence-corrected chi connectivity index (χ3v) is 6.21. The lowest BCUT2D eigenvalue weighted by Crippen LogP contribution is -2.29. The second-order valence-electron chi connectivity index (χ2n) is 6.75. The molecule has 0 amide bonds. The van der Waals surface area contributed by atoms with E-state index in [4.69, 9.17) is 0 Å². The van der Waals surface area contributed by atoms with Gasteiger partial charge in [-0.25, -0.2) is 22.9 Å². The van der Waals surface area contributed by atoms with Crippen molar-refractivity contribution in [2.45, 2.75) is 24.3 Å². The van der Waals surface area contributed by atoms with Crippen molar-refractivity contribution in [2.75, 3.05) is 0 Å². The molecule has 0 saturated carbocycles. The van der Waals surface area contributed by atoms with Crippen LogP contribution >= 0.6 is 0 Å². The van der Waals surface area contributed by atoms with Crippen LogP contribution in [0.4, 0.5) is 0 Å². The van der Waals surface area contributed by atoms with E-state index in [0.29, 0.717) is 12.2 Å². The van der Waals surface area contributed by atoms with E-state index < -0.39 is 27.3 Å². The van der Waals surface area contributed by atoms with E-state index >= 15 is 0 Å². The first kappa shape index (κ1) is 19.8. The smallest absolute Gasteiger partial charge is 0.326 e. The molecule has 4 aromatic rings. The Kier molecular flexibility index (Phi) is 5.10. The van der Waals surface area contributed by atoms with Gasteiger partial charge in [-0.15, -0.1) is 0 Å². The average Bonchev–Trinajstić information content (AvgIpc) is 3.22. The molecule has 4 rings (SSSR count). The molecule has 0 spiro atoms. The van der Waals surface area contributed by atoms with Crippen LogP contribution in [0.25, 0.3) is 22.2 Å². The van der Waals surface area contributed by atoms with Crippen LogP contribution in [0.15, 0.2) is 69.2 Å². The Hall–Kier alpha value is -3.50. The molecular weight excluding hydrogens is 406 g/mol. The molecule has 0 saturated heterocycles. The van der Waals surface area contributed by atoms with Crippen LogP contribution in [0.5, 0.6) is 0 Å². The number of sulfonamides is 1. The van der Waals surface area contributed by atoms with Gasteiger partial charge in [0.2, 0.25) is 10.0 Å². The Morgan fingerprint density at radius 3 is 2.53 bits per heavy atom. The Bertz CT molecular complexity index is 1420. The highest BCUT2D eigenvalue weighted by atomic mass is 32.2. The molecule has 0 aliphatic carbocycles. The van der Waals surface area contributed by atoms with Crippen molar-refractivity contribution in [1.29, 1.82) is 0 Å². The van der Waals surface area contributed by atoms with Crippen molar-refractivity contribution in [3.63, 3.8) is 0 Å². The topological polar surface area (TPSA) is 141 Å². The van der Waals surface area contributed by atoms with Gasteiger partial charge in [-0.2, -0.15) is 0 Å². The largest absolute Gasteiger partial charge is 0.341 e. The van der Waals surface area contributed by atoms with Crippen LogP contribution < -0.4 is 16.0 Å². The highest BCUT2D eigenvalue weighted by molar-refractivity contribution is 7.89. The van der Waals surface area contributed by atoms with E-state index in [1.54, 1.807) is 6.20 Å². The fourth-order valence-corrected chi connectivity index (χ4v) is 4.49. The number of imidazole rings is 1. The van der Waals surface area contributed by atoms with Crippen molar-refractivity contribution in [3.8, 4) is 11.3 Å². The van der Waals surface area contributed by atoms with Crippen LogP contribution in [-0.4, -0.2) is 28.4 Å². The van der Waals surface area contributed by atoms with Gasteiger partial charge in [0, 0.05) is 0 Å². The van der Waals surface area contributed by atoms with Crippen LogP contribution in [0, 0.1) is 0 Å². The molecule has 0 bridgehead atoms. The summed E-state index contributed by atoms with van der Waals surface area (Å²) in [5.74, 6) is 0.489. The Morgan fingerprint density at radius 2 is 1.80 bits per heavy atom. The molecule has 2 aromatic carbocycles. The molecule has 9 nitrogen and oxygen atoms in total. The molecule has 10 heteroatoms. The monoisotopic (exact) mass is 425 g/mol. The van der Waals surface area contributed by atoms with Crippen molar-refractivity contribution in [2.24, 2.45) is 0 Å². The maximum absolute atomic E-state index is 12.9. The number of nitrogens with zero attached hydrogens (tertiary/aromatic N) is 1. The second-order valence-corrected chi connectivity index (χ2v) is 8.46. The number of hydrogen-bond acceptors (Lipinski definition) is 5. The summed E-state index contributed by atoms with van der Waals surface area (Å²) < 4.78 is 28.5. The number of H-pyrrole nitrogens is 3. The molecule has 2 aromatic heterocycles. The number of benzene rings is 2. The minimum Gasteiger partial charge on any atom is -0.341 e. The van der Waals surface area contributed by atoms with Crippen LogP contribution in [-0.2, 0) is 10.0 Å². The predicted octanol–water partition coefficient (Wildman–Crippen LogP) is 2.04. The van der Waals surface area contributed by atoms with Crippen molar-refractivity contribution >= 4 is 20.9 Å². The third kappa shape index (κ3) is 3.82. The summed E-state index contributed by atoms with van der Waals surface area (Å²) in [6, 6.07) is 13.0. The maximum Gasteiger partial charge on any atom is 0.326 e. The molecule has 2 heterocycles. The minimum atomic E-state index is -3.95. The first-order valence-electron chi connectivity index (χ1n) is 9.26. The summed E-state index contributed by atoms with van der Waals surface area (Å²) in [4.78, 5) is 35.4. The summed E-state index contributed by atoms with van der Waals surface area (Å²) in [7, 11) is -3.95. The first-order valence-corrected chi connectivity index (χ1v) is 10.7. The molecule has 1 unspecified atom stereocenters. The average molecular weight is 425 g/mol. The summed E-state index contributed by atoms with van der Waals surface area (Å²) in [5, 5.41) is 0.0786. The fourth-order valence-electron chi connectivity index (χ4n) is 3.18. The lowest BCUT2D eigenvalue weighted by atomic mass is 10.2. The van der Waals surface area contributed by atoms with Gasteiger partial charge >= 0.3 is 5.69 Å². The summed E-state index contributed by atoms with van der Waals surface area (Å²) in [6.45, 7) is 1.84. The molecule has 30 heavy (non-hydrogen) atoms. The Labute approximate surface area is 171 Å². The molecule has 1 atom stereocenters. The lowest BCUT2D eigenvalue weighted by molar-refractivity contribution is 0.539. The summed E-state index contributed by atoms with van der Waals surface area (Å²) in [5.41, 5.74) is 0.671. The number of rotatable bonds is 6. The zero-order valence-corrected chi connectivity index (χ0v) is 16.8. The molecule has 154 valence electrons. The van der Waals surface area contributed by atoms with Crippen LogP contribution in [0.3, 0.4) is 0 Å². The lowest BCUT2D eigenvalue weighted by Gasteiger charge is -2.15. The fraction of sp³-hybridized carbons (Fsp3) is 0.150. The summed E-state index contributed by atoms with van der Waals surface area (Å²) in [6.07, 6.45) is 2.12. The van der Waals surface area contributed by atoms with Crippen molar-refractivity contribution in [1.82, 2.24) is 24.7 Å². The van der Waals surface area contributed by atoms with E-state index in [1.807, 2.05) is 37.3 Å². The van der Waals surface area contributed by atoms with Gasteiger partial charge < -0.3 is 9.97 Å². The molecule has 0 radical (unpaired) electrons. The Morgan fingerprint density at radius 1 is 1.03 bits per heavy atom. The van der Waals surface area contributed by atoms with E-state index in [1.165, 1.54) is 18.2 Å². The minimum absolute atomic E-state index is 0.0786. The van der Waals surface area contributed by atoms with Gasteiger partial charge in [-0.1, -0.05) is 37.3 Å². The van der Waals surface area contributed by atoms with Gasteiger partial charge in [0.15, 0.2) is 0 Å². The first-order chi connectivity index (χ1) is 14.4. The van der Waals surface area contributed by atoms with E-state index in [2.05, 4.69) is 24.7 Å². The number of fused-ring (bicyclic) bond motifs is 1.